The molecule has 0 unspecified atom stereocenters. The number of benzene rings is 1. The molecule has 102 valence electrons. The van der Waals surface area contributed by atoms with Gasteiger partial charge in [-0.2, -0.15) is 0 Å². The summed E-state index contributed by atoms with van der Waals surface area (Å²) in [5, 5.41) is 7.43. The molecule has 3 atom stereocenters. The Morgan fingerprint density at radius 3 is 2.79 bits per heavy atom. The lowest BCUT2D eigenvalue weighted by molar-refractivity contribution is 0.391. The first-order valence-corrected chi connectivity index (χ1v) is 7.37. The fourth-order valence-corrected chi connectivity index (χ4v) is 3.76. The van der Waals surface area contributed by atoms with Gasteiger partial charge < -0.3 is 15.4 Å². The van der Waals surface area contributed by atoms with Crippen LogP contribution in [0.5, 0.6) is 5.75 Å². The minimum atomic E-state index is 0.563. The second-order valence-corrected chi connectivity index (χ2v) is 5.99. The van der Waals surface area contributed by atoms with Crippen LogP contribution in [0.25, 0.3) is 0 Å². The molecule has 4 heteroatoms. The summed E-state index contributed by atoms with van der Waals surface area (Å²) in [6, 6.07) is 8.41. The van der Waals surface area contributed by atoms with Crippen LogP contribution in [0.15, 0.2) is 24.3 Å². The predicted molar refractivity (Wildman–Crippen MR) is 81.6 cm³/mol. The molecule has 0 aliphatic heterocycles. The average Bonchev–Trinajstić information content (AvgIpc) is 3.01. The van der Waals surface area contributed by atoms with Gasteiger partial charge >= 0.3 is 0 Å². The molecule has 2 fully saturated rings. The molecule has 2 aliphatic rings. The molecule has 1 aromatic carbocycles. The maximum Gasteiger partial charge on any atom is 0.171 e. The van der Waals surface area contributed by atoms with E-state index in [1.165, 1.54) is 25.7 Å². The molecule has 0 saturated heterocycles. The average molecular weight is 276 g/mol. The number of anilines is 1. The Morgan fingerprint density at radius 1 is 1.26 bits per heavy atom. The highest BCUT2D eigenvalue weighted by atomic mass is 32.1. The summed E-state index contributed by atoms with van der Waals surface area (Å²) in [6.07, 6.45) is 5.43. The standard InChI is InChI=1S/C15H20N2OS/c1-18-14-5-3-2-4-12(14)16-15(19)17-13-9-10-6-7-11(13)8-10/h2-5,10-11,13H,6-9H2,1H3,(H2,16,17,19)/t10-,11+,13+/m0/s1. The number of hydrogen-bond acceptors (Lipinski definition) is 2. The molecule has 3 nitrogen and oxygen atoms in total. The van der Waals surface area contributed by atoms with Crippen LogP contribution < -0.4 is 15.4 Å². The Bertz CT molecular complexity index is 477. The zero-order valence-electron chi connectivity index (χ0n) is 11.2. The minimum Gasteiger partial charge on any atom is -0.495 e. The highest BCUT2D eigenvalue weighted by Crippen LogP contribution is 2.44. The number of rotatable bonds is 3. The second kappa shape index (κ2) is 5.37. The Balaban J connectivity index is 1.59. The van der Waals surface area contributed by atoms with Crippen molar-refractivity contribution in [1.29, 1.82) is 0 Å². The van der Waals surface area contributed by atoms with Crippen molar-refractivity contribution in [2.75, 3.05) is 12.4 Å². The molecule has 2 aliphatic carbocycles. The van der Waals surface area contributed by atoms with Crippen LogP contribution >= 0.6 is 12.2 Å². The van der Waals surface area contributed by atoms with E-state index in [-0.39, 0.29) is 0 Å². The van der Waals surface area contributed by atoms with Gasteiger partial charge in [-0.15, -0.1) is 0 Å². The van der Waals surface area contributed by atoms with Crippen LogP contribution in [0.4, 0.5) is 5.69 Å². The molecule has 0 spiro atoms. The van der Waals surface area contributed by atoms with Gasteiger partial charge in [-0.1, -0.05) is 18.6 Å². The number of ether oxygens (including phenoxy) is 1. The van der Waals surface area contributed by atoms with Gasteiger partial charge in [0, 0.05) is 6.04 Å². The molecule has 0 radical (unpaired) electrons. The van der Waals surface area contributed by atoms with Crippen LogP contribution in [0.2, 0.25) is 0 Å². The van der Waals surface area contributed by atoms with Crippen LogP contribution in [0, 0.1) is 11.8 Å². The number of methoxy groups -OCH3 is 1. The van der Waals surface area contributed by atoms with Crippen molar-refractivity contribution in [3.8, 4) is 5.75 Å². The summed E-state index contributed by atoms with van der Waals surface area (Å²) in [6.45, 7) is 0. The topological polar surface area (TPSA) is 33.3 Å². The van der Waals surface area contributed by atoms with Crippen LogP contribution in [0.3, 0.4) is 0 Å². The number of para-hydroxylation sites is 2. The van der Waals surface area contributed by atoms with Gasteiger partial charge in [-0.05, 0) is 55.4 Å². The zero-order chi connectivity index (χ0) is 13.2. The quantitative estimate of drug-likeness (QED) is 0.831. The summed E-state index contributed by atoms with van der Waals surface area (Å²) < 4.78 is 5.32. The summed E-state index contributed by atoms with van der Waals surface area (Å²) >= 11 is 5.42. The summed E-state index contributed by atoms with van der Waals surface area (Å²) in [5.74, 6) is 2.57. The lowest BCUT2D eigenvalue weighted by atomic mass is 9.96. The first-order chi connectivity index (χ1) is 9.26. The first-order valence-electron chi connectivity index (χ1n) is 6.97. The van der Waals surface area contributed by atoms with E-state index < -0.39 is 0 Å². The van der Waals surface area contributed by atoms with Crippen molar-refractivity contribution in [2.24, 2.45) is 11.8 Å². The molecular formula is C15H20N2OS. The number of hydrogen-bond donors (Lipinski definition) is 2. The van der Waals surface area contributed by atoms with Crippen molar-refractivity contribution in [2.45, 2.75) is 31.7 Å². The molecule has 0 aromatic heterocycles. The normalized spacial score (nSPS) is 28.2. The third kappa shape index (κ3) is 2.68. The maximum absolute atomic E-state index is 5.42. The third-order valence-electron chi connectivity index (χ3n) is 4.41. The van der Waals surface area contributed by atoms with Crippen molar-refractivity contribution >= 4 is 23.0 Å². The highest BCUT2D eigenvalue weighted by molar-refractivity contribution is 7.80. The molecule has 19 heavy (non-hydrogen) atoms. The van der Waals surface area contributed by atoms with E-state index in [9.17, 15) is 0 Å². The van der Waals surface area contributed by atoms with Gasteiger partial charge in [0.15, 0.2) is 5.11 Å². The minimum absolute atomic E-state index is 0.563. The second-order valence-electron chi connectivity index (χ2n) is 5.58. The smallest absolute Gasteiger partial charge is 0.171 e. The van der Waals surface area contributed by atoms with E-state index in [1.54, 1.807) is 7.11 Å². The van der Waals surface area contributed by atoms with E-state index in [4.69, 9.17) is 17.0 Å². The van der Waals surface area contributed by atoms with Crippen LogP contribution in [-0.4, -0.2) is 18.3 Å². The Kier molecular flexibility index (Phi) is 3.60. The van der Waals surface area contributed by atoms with E-state index in [2.05, 4.69) is 10.6 Å². The van der Waals surface area contributed by atoms with Crippen LogP contribution in [-0.2, 0) is 0 Å². The molecule has 2 saturated carbocycles. The van der Waals surface area contributed by atoms with E-state index in [1.807, 2.05) is 24.3 Å². The number of nitrogens with one attached hydrogen (secondary N) is 2. The first kappa shape index (κ1) is 12.7. The van der Waals surface area contributed by atoms with Crippen molar-refractivity contribution in [1.82, 2.24) is 5.32 Å². The maximum atomic E-state index is 5.42. The molecular weight excluding hydrogens is 256 g/mol. The fraction of sp³-hybridized carbons (Fsp3) is 0.533. The Morgan fingerprint density at radius 2 is 2.11 bits per heavy atom. The number of thiocarbonyl (C=S) groups is 1. The third-order valence-corrected chi connectivity index (χ3v) is 4.63. The van der Waals surface area contributed by atoms with Crippen molar-refractivity contribution < 1.29 is 4.74 Å². The molecule has 1 aromatic rings. The lowest BCUT2D eigenvalue weighted by Crippen LogP contribution is -2.40. The zero-order valence-corrected chi connectivity index (χ0v) is 12.0. The van der Waals surface area contributed by atoms with Gasteiger partial charge in [0.1, 0.15) is 5.75 Å². The molecule has 0 heterocycles. The largest absolute Gasteiger partial charge is 0.495 e. The van der Waals surface area contributed by atoms with Crippen molar-refractivity contribution in [3.63, 3.8) is 0 Å². The predicted octanol–water partition coefficient (Wildman–Crippen LogP) is 3.17. The SMILES string of the molecule is COc1ccccc1NC(=S)N[C@@H]1C[C@H]2CC[C@@H]1C2. The molecule has 0 amide bonds. The van der Waals surface area contributed by atoms with Gasteiger partial charge in [-0.25, -0.2) is 0 Å². The van der Waals surface area contributed by atoms with E-state index in [0.717, 1.165) is 23.3 Å². The summed E-state index contributed by atoms with van der Waals surface area (Å²) in [4.78, 5) is 0. The lowest BCUT2D eigenvalue weighted by Gasteiger charge is -2.24. The van der Waals surface area contributed by atoms with Gasteiger partial charge in [0.2, 0.25) is 0 Å². The van der Waals surface area contributed by atoms with Gasteiger partial charge in [0.05, 0.1) is 12.8 Å². The highest BCUT2D eigenvalue weighted by Gasteiger charge is 2.39. The fourth-order valence-electron chi connectivity index (χ4n) is 3.50. The van der Waals surface area contributed by atoms with E-state index in [0.29, 0.717) is 11.2 Å². The monoisotopic (exact) mass is 276 g/mol. The molecule has 2 bridgehead atoms. The summed E-state index contributed by atoms with van der Waals surface area (Å²) in [7, 11) is 1.67. The Labute approximate surface area is 119 Å². The molecule has 2 N–H and O–H groups in total. The Hall–Kier alpha value is -1.29. The van der Waals surface area contributed by atoms with Gasteiger partial charge in [-0.3, -0.25) is 0 Å². The molecule has 3 rings (SSSR count). The summed E-state index contributed by atoms with van der Waals surface area (Å²) in [5.41, 5.74) is 0.922. The number of fused-ring (bicyclic) bond motifs is 2. The van der Waals surface area contributed by atoms with Gasteiger partial charge in [0.25, 0.3) is 0 Å². The van der Waals surface area contributed by atoms with Crippen LogP contribution in [0.1, 0.15) is 25.7 Å². The van der Waals surface area contributed by atoms with Crippen molar-refractivity contribution in [3.05, 3.63) is 24.3 Å². The van der Waals surface area contributed by atoms with E-state index >= 15 is 0 Å².